The van der Waals surface area contributed by atoms with E-state index in [-0.39, 0.29) is 17.9 Å². The highest BCUT2D eigenvalue weighted by atomic mass is 19.1. The van der Waals surface area contributed by atoms with E-state index in [2.05, 4.69) is 9.88 Å². The summed E-state index contributed by atoms with van der Waals surface area (Å²) in [5.74, 6) is -0.278. The second-order valence-corrected chi connectivity index (χ2v) is 6.42. The molecule has 1 aromatic heterocycles. The fraction of sp³-hybridized carbons (Fsp3) is 0.190. The van der Waals surface area contributed by atoms with Crippen LogP contribution in [0.4, 0.5) is 9.18 Å². The summed E-state index contributed by atoms with van der Waals surface area (Å²) in [5, 5.41) is 3.01. The summed E-state index contributed by atoms with van der Waals surface area (Å²) in [6.07, 6.45) is 2.02. The molecular formula is C21H20FN3O. The van der Waals surface area contributed by atoms with Crippen LogP contribution in [-0.4, -0.2) is 22.0 Å². The molecule has 2 aromatic carbocycles. The minimum atomic E-state index is -0.278. The number of aromatic nitrogens is 1. The number of nitrogens with zero attached hydrogens (tertiary/aromatic N) is 2. The number of hydrogen-bond donors (Lipinski definition) is 1. The van der Waals surface area contributed by atoms with Crippen molar-refractivity contribution >= 4 is 6.03 Å². The molecule has 2 amide bonds. The van der Waals surface area contributed by atoms with Crippen molar-refractivity contribution in [3.63, 3.8) is 0 Å². The first-order chi connectivity index (χ1) is 12.7. The van der Waals surface area contributed by atoms with Gasteiger partial charge in [-0.1, -0.05) is 42.5 Å². The third-order valence-electron chi connectivity index (χ3n) is 4.77. The van der Waals surface area contributed by atoms with Crippen LogP contribution in [0, 0.1) is 5.82 Å². The Hall–Kier alpha value is -3.08. The van der Waals surface area contributed by atoms with Gasteiger partial charge in [-0.15, -0.1) is 0 Å². The fourth-order valence-corrected chi connectivity index (χ4v) is 3.47. The zero-order chi connectivity index (χ0) is 17.9. The van der Waals surface area contributed by atoms with Crippen molar-refractivity contribution in [1.82, 2.24) is 14.8 Å². The van der Waals surface area contributed by atoms with Crippen LogP contribution in [0.1, 0.15) is 22.9 Å². The van der Waals surface area contributed by atoms with Crippen LogP contribution < -0.4 is 5.32 Å². The fourth-order valence-electron chi connectivity index (χ4n) is 3.47. The zero-order valence-corrected chi connectivity index (χ0v) is 14.3. The van der Waals surface area contributed by atoms with Crippen LogP contribution in [0.2, 0.25) is 0 Å². The van der Waals surface area contributed by atoms with E-state index in [1.807, 2.05) is 53.6 Å². The molecule has 3 aromatic rings. The zero-order valence-electron chi connectivity index (χ0n) is 14.3. The molecule has 1 N–H and O–H groups in total. The molecule has 4 rings (SSSR count). The van der Waals surface area contributed by atoms with Gasteiger partial charge in [0, 0.05) is 31.5 Å². The Labute approximate surface area is 151 Å². The average molecular weight is 349 g/mol. The van der Waals surface area contributed by atoms with Gasteiger partial charge < -0.3 is 14.8 Å². The molecule has 5 heteroatoms. The maximum atomic E-state index is 13.4. The Morgan fingerprint density at radius 3 is 2.54 bits per heavy atom. The van der Waals surface area contributed by atoms with Crippen LogP contribution >= 0.6 is 0 Å². The Morgan fingerprint density at radius 1 is 1.00 bits per heavy atom. The SMILES string of the molecule is O=C(NCc1ccccc1)N1CCn2cccc2[C@H]1c1ccc(F)cc1. The van der Waals surface area contributed by atoms with Crippen molar-refractivity contribution in [3.05, 3.63) is 95.6 Å². The first kappa shape index (κ1) is 16.4. The summed E-state index contributed by atoms with van der Waals surface area (Å²) in [6, 6.07) is 19.9. The molecular weight excluding hydrogens is 329 g/mol. The number of amides is 2. The molecule has 2 heterocycles. The minimum absolute atomic E-state index is 0.115. The van der Waals surface area contributed by atoms with E-state index >= 15 is 0 Å². The predicted octanol–water partition coefficient (Wildman–Crippen LogP) is 3.94. The van der Waals surface area contributed by atoms with E-state index in [0.29, 0.717) is 13.1 Å². The lowest BCUT2D eigenvalue weighted by Gasteiger charge is -2.37. The molecule has 1 atom stereocenters. The molecule has 0 saturated carbocycles. The minimum Gasteiger partial charge on any atom is -0.348 e. The van der Waals surface area contributed by atoms with Gasteiger partial charge in [0.1, 0.15) is 5.82 Å². The number of halogens is 1. The van der Waals surface area contributed by atoms with Gasteiger partial charge in [-0.3, -0.25) is 0 Å². The molecule has 0 spiro atoms. The number of urea groups is 1. The van der Waals surface area contributed by atoms with Crippen molar-refractivity contribution in [2.24, 2.45) is 0 Å². The number of carbonyl (C=O) groups is 1. The molecule has 1 aliphatic heterocycles. The highest BCUT2D eigenvalue weighted by molar-refractivity contribution is 5.75. The van der Waals surface area contributed by atoms with Crippen molar-refractivity contribution in [2.45, 2.75) is 19.1 Å². The average Bonchev–Trinajstić information content (AvgIpc) is 3.16. The third kappa shape index (κ3) is 3.20. The van der Waals surface area contributed by atoms with E-state index in [0.717, 1.165) is 23.4 Å². The quantitative estimate of drug-likeness (QED) is 0.764. The first-order valence-corrected chi connectivity index (χ1v) is 8.71. The van der Waals surface area contributed by atoms with Crippen molar-refractivity contribution in [3.8, 4) is 0 Å². The molecule has 0 aliphatic carbocycles. The Bertz CT molecular complexity index is 889. The number of rotatable bonds is 3. The number of hydrogen-bond acceptors (Lipinski definition) is 1. The maximum Gasteiger partial charge on any atom is 0.318 e. The lowest BCUT2D eigenvalue weighted by Crippen LogP contribution is -2.47. The molecule has 0 saturated heterocycles. The molecule has 0 unspecified atom stereocenters. The molecule has 132 valence electrons. The number of fused-ring (bicyclic) bond motifs is 1. The summed E-state index contributed by atoms with van der Waals surface area (Å²) in [7, 11) is 0. The predicted molar refractivity (Wildman–Crippen MR) is 98.1 cm³/mol. The van der Waals surface area contributed by atoms with Gasteiger partial charge in [0.05, 0.1) is 6.04 Å². The van der Waals surface area contributed by atoms with Crippen LogP contribution in [0.15, 0.2) is 72.9 Å². The number of carbonyl (C=O) groups excluding carboxylic acids is 1. The van der Waals surface area contributed by atoms with Crippen molar-refractivity contribution < 1.29 is 9.18 Å². The second-order valence-electron chi connectivity index (χ2n) is 6.42. The van der Waals surface area contributed by atoms with Gasteiger partial charge in [-0.2, -0.15) is 0 Å². The summed E-state index contributed by atoms with van der Waals surface area (Å²) in [4.78, 5) is 14.7. The maximum absolute atomic E-state index is 13.4. The molecule has 0 bridgehead atoms. The van der Waals surface area contributed by atoms with E-state index in [1.54, 1.807) is 12.1 Å². The van der Waals surface area contributed by atoms with Crippen LogP contribution in [0.25, 0.3) is 0 Å². The Morgan fingerprint density at radius 2 is 1.77 bits per heavy atom. The summed E-state index contributed by atoms with van der Waals surface area (Å²) in [5.41, 5.74) is 3.00. The van der Waals surface area contributed by atoms with Gasteiger partial charge in [0.15, 0.2) is 0 Å². The van der Waals surface area contributed by atoms with Crippen molar-refractivity contribution in [1.29, 1.82) is 0 Å². The molecule has 1 aliphatic rings. The summed E-state index contributed by atoms with van der Waals surface area (Å²) in [6.45, 7) is 1.83. The lowest BCUT2D eigenvalue weighted by molar-refractivity contribution is 0.168. The Kier molecular flexibility index (Phi) is 4.44. The van der Waals surface area contributed by atoms with Gasteiger partial charge >= 0.3 is 6.03 Å². The van der Waals surface area contributed by atoms with Crippen molar-refractivity contribution in [2.75, 3.05) is 6.54 Å². The standard InChI is InChI=1S/C21H20FN3O/c22-18-10-8-17(9-11-18)20-19-7-4-12-24(19)13-14-25(20)21(26)23-15-16-5-2-1-3-6-16/h1-12,20H,13-15H2,(H,23,26)/t20-/m1/s1. The number of nitrogens with one attached hydrogen (secondary N) is 1. The van der Waals surface area contributed by atoms with Gasteiger partial charge in [0.25, 0.3) is 0 Å². The molecule has 4 nitrogen and oxygen atoms in total. The smallest absolute Gasteiger partial charge is 0.318 e. The van der Waals surface area contributed by atoms with Gasteiger partial charge in [0.2, 0.25) is 0 Å². The van der Waals surface area contributed by atoms with Crippen LogP contribution in [-0.2, 0) is 13.1 Å². The topological polar surface area (TPSA) is 37.3 Å². The molecule has 26 heavy (non-hydrogen) atoms. The summed E-state index contributed by atoms with van der Waals surface area (Å²) < 4.78 is 15.5. The van der Waals surface area contributed by atoms with Gasteiger partial charge in [-0.05, 0) is 35.4 Å². The first-order valence-electron chi connectivity index (χ1n) is 8.71. The van der Waals surface area contributed by atoms with Crippen LogP contribution in [0.5, 0.6) is 0 Å². The van der Waals surface area contributed by atoms with E-state index < -0.39 is 0 Å². The highest BCUT2D eigenvalue weighted by Crippen LogP contribution is 2.32. The highest BCUT2D eigenvalue weighted by Gasteiger charge is 2.32. The second kappa shape index (κ2) is 7.04. The monoisotopic (exact) mass is 349 g/mol. The molecule has 0 radical (unpaired) electrons. The Balaban J connectivity index is 1.59. The largest absolute Gasteiger partial charge is 0.348 e. The normalized spacial score (nSPS) is 16.2. The van der Waals surface area contributed by atoms with E-state index in [1.165, 1.54) is 12.1 Å². The molecule has 0 fully saturated rings. The lowest BCUT2D eigenvalue weighted by atomic mass is 10.0. The van der Waals surface area contributed by atoms with Gasteiger partial charge in [-0.25, -0.2) is 9.18 Å². The van der Waals surface area contributed by atoms with E-state index in [9.17, 15) is 9.18 Å². The third-order valence-corrected chi connectivity index (χ3v) is 4.77. The number of benzene rings is 2. The van der Waals surface area contributed by atoms with Crippen LogP contribution in [0.3, 0.4) is 0 Å². The summed E-state index contributed by atoms with van der Waals surface area (Å²) >= 11 is 0. The van der Waals surface area contributed by atoms with E-state index in [4.69, 9.17) is 0 Å².